The van der Waals surface area contributed by atoms with Crippen LogP contribution in [0.15, 0.2) is 77.9 Å². The Labute approximate surface area is 177 Å². The predicted molar refractivity (Wildman–Crippen MR) is 117 cm³/mol. The van der Waals surface area contributed by atoms with E-state index in [-0.39, 0.29) is 12.1 Å². The Morgan fingerprint density at radius 1 is 1.03 bits per heavy atom. The number of nitrogens with zero attached hydrogens (tertiary/aromatic N) is 3. The normalized spacial score (nSPS) is 10.7. The van der Waals surface area contributed by atoms with E-state index in [1.165, 1.54) is 4.68 Å². The molecule has 2 amide bonds. The molecule has 0 fully saturated rings. The minimum absolute atomic E-state index is 0.153. The van der Waals surface area contributed by atoms with Gasteiger partial charge in [0.1, 0.15) is 0 Å². The van der Waals surface area contributed by atoms with E-state index in [9.17, 15) is 9.59 Å². The van der Waals surface area contributed by atoms with E-state index in [2.05, 4.69) is 20.7 Å². The molecule has 0 radical (unpaired) electrons. The summed E-state index contributed by atoms with van der Waals surface area (Å²) in [6.45, 7) is 0.444. The van der Waals surface area contributed by atoms with Gasteiger partial charge < -0.3 is 10.6 Å². The van der Waals surface area contributed by atoms with E-state index in [1.807, 2.05) is 24.3 Å². The Hall–Kier alpha value is -3.71. The second-order valence-electron chi connectivity index (χ2n) is 6.63. The molecule has 0 bridgehead atoms. The largest absolute Gasteiger partial charge is 0.332 e. The molecule has 0 aliphatic rings. The van der Waals surface area contributed by atoms with Gasteiger partial charge in [0.05, 0.1) is 24.2 Å². The first kappa shape index (κ1) is 19.6. The van der Waals surface area contributed by atoms with Crippen molar-refractivity contribution in [2.75, 3.05) is 5.32 Å². The molecule has 150 valence electrons. The number of pyridine rings is 1. The number of anilines is 1. The van der Waals surface area contributed by atoms with Gasteiger partial charge in [-0.05, 0) is 35.9 Å². The summed E-state index contributed by atoms with van der Waals surface area (Å²) in [4.78, 5) is 29.3. The second kappa shape index (κ2) is 8.75. The number of hydrogen-bond acceptors (Lipinski definition) is 4. The minimum Gasteiger partial charge on any atom is -0.332 e. The van der Waals surface area contributed by atoms with Crippen molar-refractivity contribution in [3.8, 4) is 0 Å². The van der Waals surface area contributed by atoms with E-state index in [0.29, 0.717) is 33.7 Å². The van der Waals surface area contributed by atoms with Crippen LogP contribution in [-0.4, -0.2) is 20.8 Å². The van der Waals surface area contributed by atoms with Crippen LogP contribution in [0.1, 0.15) is 11.3 Å². The number of carbonyl (C=O) groups excluding carboxylic acids is 1. The molecule has 2 aromatic carbocycles. The van der Waals surface area contributed by atoms with Crippen molar-refractivity contribution >= 4 is 34.1 Å². The van der Waals surface area contributed by atoms with Gasteiger partial charge in [0, 0.05) is 28.5 Å². The Morgan fingerprint density at radius 3 is 2.63 bits per heavy atom. The lowest BCUT2D eigenvalue weighted by molar-refractivity contribution is 0.251. The molecular weight excluding hydrogens is 402 g/mol. The lowest BCUT2D eigenvalue weighted by atomic mass is 10.1. The van der Waals surface area contributed by atoms with Gasteiger partial charge >= 0.3 is 6.03 Å². The third-order valence-electron chi connectivity index (χ3n) is 4.50. The van der Waals surface area contributed by atoms with Crippen molar-refractivity contribution in [3.05, 3.63) is 99.7 Å². The highest BCUT2D eigenvalue weighted by atomic mass is 35.5. The summed E-state index contributed by atoms with van der Waals surface area (Å²) in [7, 11) is 0. The highest BCUT2D eigenvalue weighted by molar-refractivity contribution is 6.30. The summed E-state index contributed by atoms with van der Waals surface area (Å²) in [5, 5.41) is 11.8. The van der Waals surface area contributed by atoms with Crippen LogP contribution in [0.4, 0.5) is 10.5 Å². The van der Waals surface area contributed by atoms with Crippen LogP contribution < -0.4 is 16.2 Å². The first-order valence-corrected chi connectivity index (χ1v) is 9.66. The molecule has 7 nitrogen and oxygen atoms in total. The molecule has 0 atom stereocenters. The molecule has 0 saturated heterocycles. The quantitative estimate of drug-likeness (QED) is 0.514. The Kier molecular flexibility index (Phi) is 5.72. The summed E-state index contributed by atoms with van der Waals surface area (Å²) in [6, 6.07) is 17.4. The molecule has 4 aromatic rings. The molecule has 2 aromatic heterocycles. The lowest BCUT2D eigenvalue weighted by Gasteiger charge is -2.12. The van der Waals surface area contributed by atoms with Crippen molar-refractivity contribution in [2.45, 2.75) is 13.1 Å². The molecule has 4 rings (SSSR count). The molecule has 0 unspecified atom stereocenters. The van der Waals surface area contributed by atoms with E-state index in [1.54, 1.807) is 48.8 Å². The zero-order valence-corrected chi connectivity index (χ0v) is 16.6. The number of carbonyl (C=O) groups is 1. The lowest BCUT2D eigenvalue weighted by Crippen LogP contribution is -2.31. The van der Waals surface area contributed by atoms with Gasteiger partial charge in [0.15, 0.2) is 0 Å². The van der Waals surface area contributed by atoms with Gasteiger partial charge in [-0.15, -0.1) is 0 Å². The van der Waals surface area contributed by atoms with Crippen LogP contribution in [0.25, 0.3) is 10.8 Å². The molecule has 8 heteroatoms. The van der Waals surface area contributed by atoms with E-state index < -0.39 is 6.03 Å². The first-order chi connectivity index (χ1) is 14.6. The number of fused-ring (bicyclic) bond motifs is 1. The highest BCUT2D eigenvalue weighted by Gasteiger charge is 2.12. The molecule has 30 heavy (non-hydrogen) atoms. The van der Waals surface area contributed by atoms with Crippen molar-refractivity contribution in [1.82, 2.24) is 20.1 Å². The Morgan fingerprint density at radius 2 is 1.87 bits per heavy atom. The maximum absolute atomic E-state index is 12.9. The van der Waals surface area contributed by atoms with Crippen LogP contribution in [0.2, 0.25) is 5.02 Å². The molecular formula is C22H18ClN5O2. The van der Waals surface area contributed by atoms with Crippen LogP contribution in [0.5, 0.6) is 0 Å². The molecule has 0 aliphatic carbocycles. The molecule has 0 aliphatic heterocycles. The number of urea groups is 1. The number of halogens is 1. The number of hydrogen-bond donors (Lipinski definition) is 2. The number of rotatable bonds is 5. The van der Waals surface area contributed by atoms with Crippen LogP contribution >= 0.6 is 11.6 Å². The average molecular weight is 420 g/mol. The molecule has 0 saturated carbocycles. The first-order valence-electron chi connectivity index (χ1n) is 9.28. The van der Waals surface area contributed by atoms with Gasteiger partial charge in [-0.25, -0.2) is 9.48 Å². The van der Waals surface area contributed by atoms with E-state index >= 15 is 0 Å². The van der Waals surface area contributed by atoms with Gasteiger partial charge in [-0.3, -0.25) is 9.78 Å². The van der Waals surface area contributed by atoms with Gasteiger partial charge in [0.25, 0.3) is 5.56 Å². The van der Waals surface area contributed by atoms with E-state index in [0.717, 1.165) is 5.56 Å². The standard InChI is InChI=1S/C22H18ClN5O2/c23-16-6-3-7-17(11-16)26-22(30)25-13-20-18-8-1-2-9-19(18)21(29)28(27-20)14-15-5-4-10-24-12-15/h1-12H,13-14H2,(H2,25,26,30). The topological polar surface area (TPSA) is 88.9 Å². The third kappa shape index (κ3) is 4.47. The van der Waals surface area contributed by atoms with Gasteiger partial charge in [-0.2, -0.15) is 5.10 Å². The predicted octanol–water partition coefficient (Wildman–Crippen LogP) is 3.81. The zero-order chi connectivity index (χ0) is 20.9. The maximum atomic E-state index is 12.9. The molecule has 2 N–H and O–H groups in total. The summed E-state index contributed by atoms with van der Waals surface area (Å²) in [5.74, 6) is 0. The summed E-state index contributed by atoms with van der Waals surface area (Å²) in [6.07, 6.45) is 3.37. The number of nitrogens with one attached hydrogen (secondary N) is 2. The molecule has 0 spiro atoms. The third-order valence-corrected chi connectivity index (χ3v) is 4.73. The van der Waals surface area contributed by atoms with Gasteiger partial charge in [-0.1, -0.05) is 41.9 Å². The SMILES string of the molecule is O=C(NCc1nn(Cc2cccnc2)c(=O)c2ccccc12)Nc1cccc(Cl)c1. The highest BCUT2D eigenvalue weighted by Crippen LogP contribution is 2.16. The van der Waals surface area contributed by atoms with Crippen LogP contribution in [0.3, 0.4) is 0 Å². The number of amides is 2. The smallest absolute Gasteiger partial charge is 0.319 e. The molecule has 2 heterocycles. The maximum Gasteiger partial charge on any atom is 0.319 e. The Bertz CT molecular complexity index is 1260. The summed E-state index contributed by atoms with van der Waals surface area (Å²) < 4.78 is 1.39. The fraction of sp³-hybridized carbons (Fsp3) is 0.0909. The fourth-order valence-electron chi connectivity index (χ4n) is 3.11. The second-order valence-corrected chi connectivity index (χ2v) is 7.07. The number of aromatic nitrogens is 3. The van der Waals surface area contributed by atoms with E-state index in [4.69, 9.17) is 11.6 Å². The van der Waals surface area contributed by atoms with Gasteiger partial charge in [0.2, 0.25) is 0 Å². The van der Waals surface area contributed by atoms with Crippen molar-refractivity contribution in [3.63, 3.8) is 0 Å². The van der Waals surface area contributed by atoms with Crippen molar-refractivity contribution in [1.29, 1.82) is 0 Å². The van der Waals surface area contributed by atoms with Crippen molar-refractivity contribution < 1.29 is 4.79 Å². The fourth-order valence-corrected chi connectivity index (χ4v) is 3.30. The zero-order valence-electron chi connectivity index (χ0n) is 15.9. The van der Waals surface area contributed by atoms with Crippen LogP contribution in [-0.2, 0) is 13.1 Å². The summed E-state index contributed by atoms with van der Waals surface area (Å²) in [5.41, 5.74) is 1.84. The monoisotopic (exact) mass is 419 g/mol. The number of benzene rings is 2. The van der Waals surface area contributed by atoms with Crippen LogP contribution in [0, 0.1) is 0 Å². The van der Waals surface area contributed by atoms with Crippen molar-refractivity contribution in [2.24, 2.45) is 0 Å². The summed E-state index contributed by atoms with van der Waals surface area (Å²) >= 11 is 5.95. The Balaban J connectivity index is 1.59. The average Bonchev–Trinajstić information content (AvgIpc) is 2.75. The minimum atomic E-state index is -0.395.